The monoisotopic (exact) mass is 271 g/mol. The number of rotatable bonds is 8. The lowest BCUT2D eigenvalue weighted by Gasteiger charge is -2.17. The number of carboxylic acids is 1. The van der Waals surface area contributed by atoms with Crippen LogP contribution in [0.15, 0.2) is 5.16 Å². The molecule has 1 rings (SSSR count). The standard InChI is InChI=1S/C12H21N3O2S/c1-4-6-7-9(3)15-10(5-2)13-14-12(15)18-8-11(16)17/h9H,4-8H2,1-3H3,(H,16,17). The Morgan fingerprint density at radius 2 is 2.17 bits per heavy atom. The van der Waals surface area contributed by atoms with Gasteiger partial charge in [-0.15, -0.1) is 10.2 Å². The Morgan fingerprint density at radius 3 is 2.72 bits per heavy atom. The molecule has 0 saturated carbocycles. The van der Waals surface area contributed by atoms with Crippen LogP contribution in [-0.2, 0) is 11.2 Å². The second kappa shape index (κ2) is 7.41. The van der Waals surface area contributed by atoms with Gasteiger partial charge in [-0.3, -0.25) is 4.79 Å². The van der Waals surface area contributed by atoms with Gasteiger partial charge in [-0.1, -0.05) is 38.5 Å². The first kappa shape index (κ1) is 15.0. The summed E-state index contributed by atoms with van der Waals surface area (Å²) in [6, 6.07) is 0.325. The highest BCUT2D eigenvalue weighted by molar-refractivity contribution is 7.99. The third-order valence-corrected chi connectivity index (χ3v) is 3.72. The summed E-state index contributed by atoms with van der Waals surface area (Å²) < 4.78 is 2.09. The van der Waals surface area contributed by atoms with Crippen LogP contribution in [0.3, 0.4) is 0 Å². The third-order valence-electron chi connectivity index (χ3n) is 2.79. The highest BCUT2D eigenvalue weighted by Crippen LogP contribution is 2.24. The van der Waals surface area contributed by atoms with Crippen molar-refractivity contribution < 1.29 is 9.90 Å². The topological polar surface area (TPSA) is 68.0 Å². The molecular formula is C12H21N3O2S. The van der Waals surface area contributed by atoms with Crippen LogP contribution in [0, 0.1) is 0 Å². The van der Waals surface area contributed by atoms with Crippen LogP contribution >= 0.6 is 11.8 Å². The molecule has 1 atom stereocenters. The summed E-state index contributed by atoms with van der Waals surface area (Å²) in [4.78, 5) is 10.6. The van der Waals surface area contributed by atoms with Crippen LogP contribution in [-0.4, -0.2) is 31.6 Å². The van der Waals surface area contributed by atoms with Crippen molar-refractivity contribution >= 4 is 17.7 Å². The van der Waals surface area contributed by atoms with Crippen LogP contribution in [0.25, 0.3) is 0 Å². The van der Waals surface area contributed by atoms with E-state index in [2.05, 4.69) is 28.6 Å². The molecule has 0 bridgehead atoms. The number of carboxylic acid groups (broad SMARTS) is 1. The fourth-order valence-electron chi connectivity index (χ4n) is 1.84. The fourth-order valence-corrected chi connectivity index (χ4v) is 2.62. The Labute approximate surface area is 112 Å². The molecule has 1 aromatic heterocycles. The molecule has 0 amide bonds. The number of aliphatic carboxylic acids is 1. The number of hydrogen-bond donors (Lipinski definition) is 1. The molecule has 1 N–H and O–H groups in total. The van der Waals surface area contributed by atoms with Crippen molar-refractivity contribution in [2.45, 2.75) is 57.7 Å². The van der Waals surface area contributed by atoms with Gasteiger partial charge >= 0.3 is 5.97 Å². The van der Waals surface area contributed by atoms with E-state index in [0.717, 1.165) is 36.7 Å². The van der Waals surface area contributed by atoms with Crippen LogP contribution in [0.4, 0.5) is 0 Å². The predicted molar refractivity (Wildman–Crippen MR) is 72.0 cm³/mol. The zero-order valence-electron chi connectivity index (χ0n) is 11.2. The molecule has 0 aliphatic heterocycles. The molecule has 1 heterocycles. The lowest BCUT2D eigenvalue weighted by Crippen LogP contribution is -2.11. The first-order valence-electron chi connectivity index (χ1n) is 6.38. The molecule has 0 fully saturated rings. The molecule has 0 aliphatic carbocycles. The number of aryl methyl sites for hydroxylation is 1. The molecule has 1 unspecified atom stereocenters. The lowest BCUT2D eigenvalue weighted by atomic mass is 10.1. The SMILES string of the molecule is CCCCC(C)n1c(CC)nnc1SCC(=O)O. The smallest absolute Gasteiger partial charge is 0.313 e. The summed E-state index contributed by atoms with van der Waals surface area (Å²) >= 11 is 1.24. The van der Waals surface area contributed by atoms with E-state index in [1.54, 1.807) is 0 Å². The van der Waals surface area contributed by atoms with E-state index >= 15 is 0 Å². The van der Waals surface area contributed by atoms with Crippen LogP contribution < -0.4 is 0 Å². The second-order valence-corrected chi connectivity index (χ2v) is 5.24. The quantitative estimate of drug-likeness (QED) is 0.736. The summed E-state index contributed by atoms with van der Waals surface area (Å²) in [7, 11) is 0. The minimum Gasteiger partial charge on any atom is -0.481 e. The number of aromatic nitrogens is 3. The predicted octanol–water partition coefficient (Wildman–Crippen LogP) is 2.77. The van der Waals surface area contributed by atoms with Gasteiger partial charge in [0.1, 0.15) is 5.82 Å². The van der Waals surface area contributed by atoms with Crippen molar-refractivity contribution in [1.82, 2.24) is 14.8 Å². The Morgan fingerprint density at radius 1 is 1.44 bits per heavy atom. The van der Waals surface area contributed by atoms with Crippen LogP contribution in [0.5, 0.6) is 0 Å². The molecule has 0 radical (unpaired) electrons. The van der Waals surface area contributed by atoms with Gasteiger partial charge in [0.15, 0.2) is 5.16 Å². The Hall–Kier alpha value is -1.04. The average molecular weight is 271 g/mol. The number of thioether (sulfide) groups is 1. The maximum absolute atomic E-state index is 10.6. The molecule has 0 aliphatic rings. The van der Waals surface area contributed by atoms with Gasteiger partial charge in [-0.05, 0) is 13.3 Å². The number of hydrogen-bond acceptors (Lipinski definition) is 4. The van der Waals surface area contributed by atoms with E-state index in [9.17, 15) is 4.79 Å². The van der Waals surface area contributed by atoms with Crippen LogP contribution in [0.1, 0.15) is 51.9 Å². The van der Waals surface area contributed by atoms with Gasteiger partial charge in [0.05, 0.1) is 5.75 Å². The minimum absolute atomic E-state index is 0.0301. The molecule has 0 saturated heterocycles. The van der Waals surface area contributed by atoms with E-state index in [-0.39, 0.29) is 5.75 Å². The average Bonchev–Trinajstić information content (AvgIpc) is 2.76. The normalized spacial score (nSPS) is 12.6. The van der Waals surface area contributed by atoms with Crippen molar-refractivity contribution in [1.29, 1.82) is 0 Å². The molecular weight excluding hydrogens is 250 g/mol. The number of unbranched alkanes of at least 4 members (excludes halogenated alkanes) is 1. The van der Waals surface area contributed by atoms with E-state index < -0.39 is 5.97 Å². The largest absolute Gasteiger partial charge is 0.481 e. The van der Waals surface area contributed by atoms with E-state index in [0.29, 0.717) is 6.04 Å². The van der Waals surface area contributed by atoms with Gasteiger partial charge in [-0.2, -0.15) is 0 Å². The van der Waals surface area contributed by atoms with E-state index in [1.807, 2.05) is 6.92 Å². The Balaban J connectivity index is 2.83. The summed E-state index contributed by atoms with van der Waals surface area (Å²) in [5.74, 6) is 0.141. The second-order valence-electron chi connectivity index (χ2n) is 4.30. The summed E-state index contributed by atoms with van der Waals surface area (Å²) in [6.45, 7) is 6.35. The molecule has 1 aromatic rings. The van der Waals surface area contributed by atoms with Crippen molar-refractivity contribution in [2.24, 2.45) is 0 Å². The van der Waals surface area contributed by atoms with E-state index in [1.165, 1.54) is 11.8 Å². The van der Waals surface area contributed by atoms with Crippen molar-refractivity contribution in [3.05, 3.63) is 5.82 Å². The molecule has 102 valence electrons. The first-order chi connectivity index (χ1) is 8.60. The fraction of sp³-hybridized carbons (Fsp3) is 0.750. The Bertz CT molecular complexity index is 393. The summed E-state index contributed by atoms with van der Waals surface area (Å²) in [5.41, 5.74) is 0. The number of nitrogens with zero attached hydrogens (tertiary/aromatic N) is 3. The highest BCUT2D eigenvalue weighted by Gasteiger charge is 2.17. The van der Waals surface area contributed by atoms with Crippen LogP contribution in [0.2, 0.25) is 0 Å². The maximum atomic E-state index is 10.6. The minimum atomic E-state index is -0.825. The van der Waals surface area contributed by atoms with Gasteiger partial charge in [0.2, 0.25) is 0 Å². The van der Waals surface area contributed by atoms with Gasteiger partial charge in [-0.25, -0.2) is 0 Å². The van der Waals surface area contributed by atoms with Crippen molar-refractivity contribution in [2.75, 3.05) is 5.75 Å². The molecule has 0 spiro atoms. The van der Waals surface area contributed by atoms with Crippen molar-refractivity contribution in [3.8, 4) is 0 Å². The summed E-state index contributed by atoms with van der Waals surface area (Å²) in [6.07, 6.45) is 4.20. The highest BCUT2D eigenvalue weighted by atomic mass is 32.2. The van der Waals surface area contributed by atoms with Gasteiger partial charge < -0.3 is 9.67 Å². The molecule has 18 heavy (non-hydrogen) atoms. The van der Waals surface area contributed by atoms with E-state index in [4.69, 9.17) is 5.11 Å². The van der Waals surface area contributed by atoms with Gasteiger partial charge in [0, 0.05) is 12.5 Å². The summed E-state index contributed by atoms with van der Waals surface area (Å²) in [5, 5.41) is 17.7. The van der Waals surface area contributed by atoms with Gasteiger partial charge in [0.25, 0.3) is 0 Å². The third kappa shape index (κ3) is 4.01. The first-order valence-corrected chi connectivity index (χ1v) is 7.37. The zero-order chi connectivity index (χ0) is 13.5. The number of carbonyl (C=O) groups is 1. The molecule has 6 heteroatoms. The molecule has 5 nitrogen and oxygen atoms in total. The Kier molecular flexibility index (Phi) is 6.18. The molecule has 0 aromatic carbocycles. The van der Waals surface area contributed by atoms with Crippen molar-refractivity contribution in [3.63, 3.8) is 0 Å². The zero-order valence-corrected chi connectivity index (χ0v) is 12.0. The maximum Gasteiger partial charge on any atom is 0.313 e. The lowest BCUT2D eigenvalue weighted by molar-refractivity contribution is -0.133.